The molecule has 0 saturated heterocycles. The van der Waals surface area contributed by atoms with E-state index in [2.05, 4.69) is 30.3 Å². The minimum atomic E-state index is -0.271. The van der Waals surface area contributed by atoms with E-state index >= 15 is 0 Å². The van der Waals surface area contributed by atoms with Crippen molar-refractivity contribution in [1.82, 2.24) is 0 Å². The van der Waals surface area contributed by atoms with Crippen molar-refractivity contribution in [2.45, 2.75) is 38.5 Å². The lowest BCUT2D eigenvalue weighted by Gasteiger charge is -2.04. The Hall–Kier alpha value is -2.09. The third-order valence-electron chi connectivity index (χ3n) is 3.90. The van der Waals surface area contributed by atoms with Gasteiger partial charge in [0, 0.05) is 0 Å². The summed E-state index contributed by atoms with van der Waals surface area (Å²) in [6.45, 7) is 0. The predicted molar refractivity (Wildman–Crippen MR) is 90.1 cm³/mol. The molecule has 0 aromatic heterocycles. The van der Waals surface area contributed by atoms with Gasteiger partial charge in [-0.2, -0.15) is 0 Å². The van der Waals surface area contributed by atoms with E-state index in [4.69, 9.17) is 4.74 Å². The maximum absolute atomic E-state index is 11.4. The van der Waals surface area contributed by atoms with E-state index in [1.165, 1.54) is 50.3 Å². The van der Waals surface area contributed by atoms with Crippen LogP contribution in [0.3, 0.4) is 0 Å². The first-order chi connectivity index (χ1) is 10.8. The van der Waals surface area contributed by atoms with Crippen LogP contribution in [-0.2, 0) is 17.6 Å². The van der Waals surface area contributed by atoms with Crippen LogP contribution in [0, 0.1) is 0 Å². The number of benzene rings is 2. The zero-order valence-corrected chi connectivity index (χ0v) is 13.3. The van der Waals surface area contributed by atoms with Gasteiger partial charge in [0.2, 0.25) is 0 Å². The van der Waals surface area contributed by atoms with Crippen molar-refractivity contribution in [3.05, 3.63) is 71.3 Å². The molecule has 0 saturated carbocycles. The molecule has 0 heterocycles. The summed E-state index contributed by atoms with van der Waals surface area (Å²) in [6, 6.07) is 18.4. The molecule has 0 amide bonds. The Morgan fingerprint density at radius 1 is 0.773 bits per heavy atom. The minimum absolute atomic E-state index is 0.271. The summed E-state index contributed by atoms with van der Waals surface area (Å²) in [5, 5.41) is 0. The predicted octanol–water partition coefficient (Wildman–Crippen LogP) is 4.82. The van der Waals surface area contributed by atoms with Gasteiger partial charge in [0.1, 0.15) is 0 Å². The number of methoxy groups -OCH3 is 1. The molecule has 0 N–H and O–H groups in total. The standard InChI is InChI=1S/C20H24O2/c1-22-20(21)19-15-13-18(14-16-19)12-6-3-2-5-9-17-10-7-4-8-11-17/h4,7-8,10-11,13-16H,2-3,5-6,9,12H2,1H3. The average molecular weight is 296 g/mol. The molecule has 0 bridgehead atoms. The summed E-state index contributed by atoms with van der Waals surface area (Å²) in [4.78, 5) is 11.4. The number of hydrogen-bond donors (Lipinski definition) is 0. The SMILES string of the molecule is COC(=O)c1ccc(CCCCCCc2ccccc2)cc1. The number of carbonyl (C=O) groups excluding carboxylic acids is 1. The second-order valence-electron chi connectivity index (χ2n) is 5.59. The fourth-order valence-corrected chi connectivity index (χ4v) is 2.58. The average Bonchev–Trinajstić information content (AvgIpc) is 2.58. The third-order valence-corrected chi connectivity index (χ3v) is 3.90. The van der Waals surface area contributed by atoms with Gasteiger partial charge in [0.15, 0.2) is 0 Å². The highest BCUT2D eigenvalue weighted by atomic mass is 16.5. The molecule has 0 fully saturated rings. The first kappa shape index (κ1) is 16.3. The summed E-state index contributed by atoms with van der Waals surface area (Å²) < 4.78 is 4.70. The molecule has 116 valence electrons. The molecule has 2 aromatic carbocycles. The van der Waals surface area contributed by atoms with Gasteiger partial charge in [-0.15, -0.1) is 0 Å². The molecule has 2 nitrogen and oxygen atoms in total. The van der Waals surface area contributed by atoms with Gasteiger partial charge in [-0.1, -0.05) is 55.3 Å². The third kappa shape index (κ3) is 5.36. The van der Waals surface area contributed by atoms with Crippen LogP contribution < -0.4 is 0 Å². The molecule has 0 radical (unpaired) electrons. The van der Waals surface area contributed by atoms with Crippen molar-refractivity contribution in [1.29, 1.82) is 0 Å². The molecule has 0 aliphatic carbocycles. The minimum Gasteiger partial charge on any atom is -0.465 e. The highest BCUT2D eigenvalue weighted by Crippen LogP contribution is 2.12. The molecule has 0 aliphatic heterocycles. The Kier molecular flexibility index (Phi) is 6.69. The Bertz CT molecular complexity index is 558. The first-order valence-corrected chi connectivity index (χ1v) is 8.01. The molecule has 0 atom stereocenters. The largest absolute Gasteiger partial charge is 0.465 e. The number of carbonyl (C=O) groups is 1. The summed E-state index contributed by atoms with van der Waals surface area (Å²) >= 11 is 0. The van der Waals surface area contributed by atoms with E-state index in [-0.39, 0.29) is 5.97 Å². The lowest BCUT2D eigenvalue weighted by molar-refractivity contribution is 0.0600. The van der Waals surface area contributed by atoms with Crippen LogP contribution in [0.15, 0.2) is 54.6 Å². The maximum Gasteiger partial charge on any atom is 0.337 e. The zero-order valence-electron chi connectivity index (χ0n) is 13.3. The number of ether oxygens (including phenoxy) is 1. The number of esters is 1. The number of hydrogen-bond acceptors (Lipinski definition) is 2. The van der Waals surface area contributed by atoms with Gasteiger partial charge in [-0.25, -0.2) is 4.79 Å². The van der Waals surface area contributed by atoms with Crippen LogP contribution in [-0.4, -0.2) is 13.1 Å². The topological polar surface area (TPSA) is 26.3 Å². The van der Waals surface area contributed by atoms with Gasteiger partial charge >= 0.3 is 5.97 Å². The van der Waals surface area contributed by atoms with E-state index < -0.39 is 0 Å². The molecule has 0 aliphatic rings. The number of aryl methyl sites for hydroxylation is 2. The summed E-state index contributed by atoms with van der Waals surface area (Å²) in [6.07, 6.45) is 7.24. The Morgan fingerprint density at radius 3 is 1.86 bits per heavy atom. The number of rotatable bonds is 8. The first-order valence-electron chi connectivity index (χ1n) is 8.01. The van der Waals surface area contributed by atoms with Crippen LogP contribution >= 0.6 is 0 Å². The van der Waals surface area contributed by atoms with Crippen LogP contribution in [0.5, 0.6) is 0 Å². The lowest BCUT2D eigenvalue weighted by Crippen LogP contribution is -2.00. The van der Waals surface area contributed by atoms with Crippen molar-refractivity contribution in [3.63, 3.8) is 0 Å². The van der Waals surface area contributed by atoms with E-state index in [9.17, 15) is 4.79 Å². The fourth-order valence-electron chi connectivity index (χ4n) is 2.58. The van der Waals surface area contributed by atoms with Gasteiger partial charge in [-0.05, 0) is 48.9 Å². The molecule has 2 rings (SSSR count). The van der Waals surface area contributed by atoms with E-state index in [0.717, 1.165) is 6.42 Å². The van der Waals surface area contributed by atoms with Crippen LogP contribution in [0.25, 0.3) is 0 Å². The van der Waals surface area contributed by atoms with Gasteiger partial charge in [0.25, 0.3) is 0 Å². The molecule has 0 spiro atoms. The van der Waals surface area contributed by atoms with E-state index in [1.54, 1.807) is 0 Å². The van der Waals surface area contributed by atoms with Crippen molar-refractivity contribution < 1.29 is 9.53 Å². The normalized spacial score (nSPS) is 10.4. The summed E-state index contributed by atoms with van der Waals surface area (Å²) in [5.41, 5.74) is 3.34. The molecule has 2 heteroatoms. The molecule has 0 unspecified atom stereocenters. The van der Waals surface area contributed by atoms with E-state index in [0.29, 0.717) is 5.56 Å². The summed E-state index contributed by atoms with van der Waals surface area (Å²) in [7, 11) is 1.41. The van der Waals surface area contributed by atoms with Crippen LogP contribution in [0.4, 0.5) is 0 Å². The van der Waals surface area contributed by atoms with Gasteiger partial charge in [0.05, 0.1) is 12.7 Å². The molecular weight excluding hydrogens is 272 g/mol. The van der Waals surface area contributed by atoms with Crippen molar-refractivity contribution in [2.24, 2.45) is 0 Å². The fraction of sp³-hybridized carbons (Fsp3) is 0.350. The Labute approximate surface area is 133 Å². The Balaban J connectivity index is 1.61. The highest BCUT2D eigenvalue weighted by Gasteiger charge is 2.04. The van der Waals surface area contributed by atoms with Crippen molar-refractivity contribution >= 4 is 5.97 Å². The second kappa shape index (κ2) is 9.04. The second-order valence-corrected chi connectivity index (χ2v) is 5.59. The number of unbranched alkanes of at least 4 members (excludes halogenated alkanes) is 3. The van der Waals surface area contributed by atoms with Gasteiger partial charge < -0.3 is 4.74 Å². The highest BCUT2D eigenvalue weighted by molar-refractivity contribution is 5.89. The Morgan fingerprint density at radius 2 is 1.32 bits per heavy atom. The van der Waals surface area contributed by atoms with Gasteiger partial charge in [-0.3, -0.25) is 0 Å². The lowest BCUT2D eigenvalue weighted by atomic mass is 10.0. The maximum atomic E-state index is 11.4. The van der Waals surface area contributed by atoms with Crippen molar-refractivity contribution in [2.75, 3.05) is 7.11 Å². The van der Waals surface area contributed by atoms with Crippen LogP contribution in [0.2, 0.25) is 0 Å². The quantitative estimate of drug-likeness (QED) is 0.516. The molecule has 2 aromatic rings. The zero-order chi connectivity index (χ0) is 15.6. The smallest absolute Gasteiger partial charge is 0.337 e. The molecule has 22 heavy (non-hydrogen) atoms. The van der Waals surface area contributed by atoms with Crippen molar-refractivity contribution in [3.8, 4) is 0 Å². The monoisotopic (exact) mass is 296 g/mol. The summed E-state index contributed by atoms with van der Waals surface area (Å²) in [5.74, 6) is -0.271. The van der Waals surface area contributed by atoms with Crippen LogP contribution in [0.1, 0.15) is 47.2 Å². The van der Waals surface area contributed by atoms with E-state index in [1.807, 2.05) is 24.3 Å². The molecular formula is C20H24O2.